The number of Topliss-reactive ketones (excluding diaryl/α,β-unsaturated/α-hetero) is 1. The van der Waals surface area contributed by atoms with Crippen LogP contribution in [-0.2, 0) is 19.1 Å². The number of halogens is 2. The Hall–Kier alpha value is -1.12. The lowest BCUT2D eigenvalue weighted by Gasteiger charge is -2.43. The van der Waals surface area contributed by atoms with Crippen molar-refractivity contribution in [3.63, 3.8) is 0 Å². The maximum atomic E-state index is 14.8. The molecule has 0 radical (unpaired) electrons. The van der Waals surface area contributed by atoms with Crippen LogP contribution in [0.15, 0.2) is 0 Å². The standard InChI is InChI=1S/C23H40F2N2O4/c1-16(2)21(28)18-5-7-19(8-6-18)27-11-9-20(23(24,25)15-27)22(29)26-10-12-30-13-14-31-17(3)4/h16-20H,5-15H2,1-4H3,(H,26,29)/t18-,19+,20?. The van der Waals surface area contributed by atoms with Crippen LogP contribution in [0.2, 0.25) is 0 Å². The van der Waals surface area contributed by atoms with Crippen LogP contribution in [0, 0.1) is 17.8 Å². The number of piperidine rings is 1. The number of nitrogens with one attached hydrogen (secondary N) is 1. The highest BCUT2D eigenvalue weighted by atomic mass is 19.3. The Morgan fingerprint density at radius 1 is 1.03 bits per heavy atom. The molecule has 0 bridgehead atoms. The molecule has 1 atom stereocenters. The molecule has 2 fully saturated rings. The second-order valence-electron chi connectivity index (χ2n) is 9.46. The molecule has 180 valence electrons. The third-order valence-corrected chi connectivity index (χ3v) is 6.35. The number of alkyl halides is 2. The topological polar surface area (TPSA) is 67.9 Å². The first kappa shape index (κ1) is 26.1. The summed E-state index contributed by atoms with van der Waals surface area (Å²) in [7, 11) is 0. The largest absolute Gasteiger partial charge is 0.377 e. The number of likely N-dealkylation sites (tertiary alicyclic amines) is 1. The van der Waals surface area contributed by atoms with Crippen LogP contribution in [0.4, 0.5) is 8.78 Å². The van der Waals surface area contributed by atoms with E-state index in [0.29, 0.717) is 19.8 Å². The van der Waals surface area contributed by atoms with Crippen molar-refractivity contribution in [2.45, 2.75) is 77.9 Å². The van der Waals surface area contributed by atoms with Crippen molar-refractivity contribution in [1.82, 2.24) is 10.2 Å². The normalized spacial score (nSPS) is 26.9. The summed E-state index contributed by atoms with van der Waals surface area (Å²) in [4.78, 5) is 26.4. The van der Waals surface area contributed by atoms with Gasteiger partial charge in [0.05, 0.1) is 32.5 Å². The summed E-state index contributed by atoms with van der Waals surface area (Å²) in [5, 5.41) is 2.59. The SMILES string of the molecule is CC(C)OCCOCCNC(=O)C1CCN([C@H]2CC[C@@H](C(=O)C(C)C)CC2)CC1(F)F. The average Bonchev–Trinajstić information content (AvgIpc) is 2.71. The van der Waals surface area contributed by atoms with E-state index in [1.165, 1.54) is 0 Å². The van der Waals surface area contributed by atoms with Gasteiger partial charge in [0.25, 0.3) is 5.92 Å². The Kier molecular flexibility index (Phi) is 10.3. The zero-order valence-electron chi connectivity index (χ0n) is 19.5. The maximum absolute atomic E-state index is 14.8. The van der Waals surface area contributed by atoms with Crippen LogP contribution >= 0.6 is 0 Å². The summed E-state index contributed by atoms with van der Waals surface area (Å²) >= 11 is 0. The molecule has 1 heterocycles. The number of carbonyl (C=O) groups is 2. The second kappa shape index (κ2) is 12.2. The minimum Gasteiger partial charge on any atom is -0.377 e. The van der Waals surface area contributed by atoms with Crippen molar-refractivity contribution >= 4 is 11.7 Å². The van der Waals surface area contributed by atoms with E-state index in [0.717, 1.165) is 25.7 Å². The first-order valence-electron chi connectivity index (χ1n) is 11.7. The fraction of sp³-hybridized carbons (Fsp3) is 0.913. The van der Waals surface area contributed by atoms with Crippen molar-refractivity contribution in [3.8, 4) is 0 Å². The van der Waals surface area contributed by atoms with Gasteiger partial charge in [-0.2, -0.15) is 0 Å². The first-order valence-corrected chi connectivity index (χ1v) is 11.7. The summed E-state index contributed by atoms with van der Waals surface area (Å²) in [5.74, 6) is -4.57. The Bertz CT molecular complexity index is 578. The zero-order chi connectivity index (χ0) is 23.0. The van der Waals surface area contributed by atoms with E-state index < -0.39 is 17.7 Å². The van der Waals surface area contributed by atoms with Crippen molar-refractivity contribution in [1.29, 1.82) is 0 Å². The number of ether oxygens (including phenoxy) is 2. The van der Waals surface area contributed by atoms with Crippen LogP contribution < -0.4 is 5.32 Å². The molecule has 8 heteroatoms. The summed E-state index contributed by atoms with van der Waals surface area (Å²) in [6.07, 6.45) is 3.37. The number of amides is 1. The molecule has 1 N–H and O–H groups in total. The van der Waals surface area contributed by atoms with Gasteiger partial charge < -0.3 is 14.8 Å². The third-order valence-electron chi connectivity index (χ3n) is 6.35. The van der Waals surface area contributed by atoms with Crippen LogP contribution in [0.1, 0.15) is 59.8 Å². The molecule has 1 aliphatic heterocycles. The average molecular weight is 447 g/mol. The van der Waals surface area contributed by atoms with E-state index in [1.54, 1.807) is 0 Å². The predicted molar refractivity (Wildman–Crippen MR) is 115 cm³/mol. The lowest BCUT2D eigenvalue weighted by atomic mass is 9.79. The molecule has 0 aromatic heterocycles. The van der Waals surface area contributed by atoms with Crippen LogP contribution in [0.25, 0.3) is 0 Å². The first-order chi connectivity index (χ1) is 14.6. The predicted octanol–water partition coefficient (Wildman–Crippen LogP) is 3.29. The van der Waals surface area contributed by atoms with Crippen LogP contribution in [0.3, 0.4) is 0 Å². The molecule has 2 aliphatic rings. The molecule has 1 saturated heterocycles. The summed E-state index contributed by atoms with van der Waals surface area (Å²) in [5.41, 5.74) is 0. The molecule has 1 saturated carbocycles. The molecular formula is C23H40F2N2O4. The number of hydrogen-bond donors (Lipinski definition) is 1. The maximum Gasteiger partial charge on any atom is 0.272 e. The van der Waals surface area contributed by atoms with Gasteiger partial charge in [-0.05, 0) is 52.5 Å². The molecule has 31 heavy (non-hydrogen) atoms. The molecule has 0 spiro atoms. The summed E-state index contributed by atoms with van der Waals surface area (Å²) in [6, 6.07) is 0.0764. The highest BCUT2D eigenvalue weighted by Crippen LogP contribution is 2.37. The smallest absolute Gasteiger partial charge is 0.272 e. The number of nitrogens with zero attached hydrogens (tertiary/aromatic N) is 1. The summed E-state index contributed by atoms with van der Waals surface area (Å²) in [6.45, 7) is 9.17. The molecule has 1 amide bonds. The Morgan fingerprint density at radius 2 is 1.71 bits per heavy atom. The quantitative estimate of drug-likeness (QED) is 0.494. The van der Waals surface area contributed by atoms with Crippen molar-refractivity contribution in [2.75, 3.05) is 39.5 Å². The van der Waals surface area contributed by atoms with Gasteiger partial charge in [-0.15, -0.1) is 0 Å². The monoisotopic (exact) mass is 446 g/mol. The molecule has 6 nitrogen and oxygen atoms in total. The lowest BCUT2D eigenvalue weighted by Crippen LogP contribution is -2.56. The number of carbonyl (C=O) groups excluding carboxylic acids is 2. The number of hydrogen-bond acceptors (Lipinski definition) is 5. The minimum atomic E-state index is -3.06. The van der Waals surface area contributed by atoms with Gasteiger partial charge in [0.2, 0.25) is 5.91 Å². The Balaban J connectivity index is 1.71. The number of rotatable bonds is 11. The van der Waals surface area contributed by atoms with Crippen molar-refractivity contribution in [3.05, 3.63) is 0 Å². The van der Waals surface area contributed by atoms with Crippen molar-refractivity contribution in [2.24, 2.45) is 17.8 Å². The van der Waals surface area contributed by atoms with Crippen LogP contribution in [0.5, 0.6) is 0 Å². The van der Waals surface area contributed by atoms with Gasteiger partial charge in [-0.1, -0.05) is 13.8 Å². The van der Waals surface area contributed by atoms with E-state index in [1.807, 2.05) is 32.6 Å². The van der Waals surface area contributed by atoms with E-state index in [-0.39, 0.29) is 55.9 Å². The Labute approximate surface area is 185 Å². The van der Waals surface area contributed by atoms with Crippen molar-refractivity contribution < 1.29 is 27.8 Å². The van der Waals surface area contributed by atoms with Gasteiger partial charge in [-0.25, -0.2) is 8.78 Å². The highest BCUT2D eigenvalue weighted by molar-refractivity contribution is 5.82. The molecule has 0 aromatic carbocycles. The molecular weight excluding hydrogens is 406 g/mol. The van der Waals surface area contributed by atoms with Gasteiger partial charge in [0, 0.05) is 24.4 Å². The second-order valence-corrected chi connectivity index (χ2v) is 9.46. The highest BCUT2D eigenvalue weighted by Gasteiger charge is 2.49. The summed E-state index contributed by atoms with van der Waals surface area (Å²) < 4.78 is 40.3. The lowest BCUT2D eigenvalue weighted by molar-refractivity contribution is -0.155. The van der Waals surface area contributed by atoms with Gasteiger partial charge in [-0.3, -0.25) is 14.5 Å². The fourth-order valence-corrected chi connectivity index (χ4v) is 4.61. The molecule has 0 aromatic rings. The van der Waals surface area contributed by atoms with Gasteiger partial charge >= 0.3 is 0 Å². The van der Waals surface area contributed by atoms with E-state index in [2.05, 4.69) is 5.32 Å². The van der Waals surface area contributed by atoms with E-state index >= 15 is 0 Å². The zero-order valence-corrected chi connectivity index (χ0v) is 19.5. The fourth-order valence-electron chi connectivity index (χ4n) is 4.61. The third kappa shape index (κ3) is 8.06. The molecule has 1 unspecified atom stereocenters. The minimum absolute atomic E-state index is 0.0268. The van der Waals surface area contributed by atoms with Crippen LogP contribution in [-0.4, -0.2) is 74.1 Å². The molecule has 2 rings (SSSR count). The van der Waals surface area contributed by atoms with Gasteiger partial charge in [0.15, 0.2) is 0 Å². The van der Waals surface area contributed by atoms with Gasteiger partial charge in [0.1, 0.15) is 11.7 Å². The van der Waals surface area contributed by atoms with E-state index in [9.17, 15) is 18.4 Å². The van der Waals surface area contributed by atoms with E-state index in [4.69, 9.17) is 9.47 Å². The Morgan fingerprint density at radius 3 is 2.29 bits per heavy atom. The number of ketones is 1. The molecule has 1 aliphatic carbocycles.